The van der Waals surface area contributed by atoms with E-state index in [4.69, 9.17) is 4.42 Å². The van der Waals surface area contributed by atoms with Crippen LogP contribution in [-0.4, -0.2) is 15.0 Å². The topological polar surface area (TPSA) is 95.8 Å². The molecule has 4 aromatic rings. The SMILES string of the molecule is Cc1cnc(Nc2cc(C)c(F)c(C)c2)nc1Nc1ccc2oc(=O)[nH]c2c1.[H-].[Na+]. The zero-order valence-corrected chi connectivity index (χ0v) is 18.6. The second kappa shape index (κ2) is 8.36. The smallest absolute Gasteiger partial charge is 1.00 e. The van der Waals surface area contributed by atoms with Crippen LogP contribution in [0.4, 0.5) is 27.5 Å². The molecule has 0 spiro atoms. The molecule has 0 aliphatic carbocycles. The maximum Gasteiger partial charge on any atom is 1.00 e. The van der Waals surface area contributed by atoms with Crippen LogP contribution in [-0.2, 0) is 0 Å². The van der Waals surface area contributed by atoms with Crippen LogP contribution in [0.5, 0.6) is 0 Å². The van der Waals surface area contributed by atoms with Gasteiger partial charge < -0.3 is 16.5 Å². The molecular weight excluding hydrogens is 384 g/mol. The summed E-state index contributed by atoms with van der Waals surface area (Å²) in [5.74, 6) is 0.279. The maximum atomic E-state index is 13.8. The number of nitrogens with one attached hydrogen (secondary N) is 3. The van der Waals surface area contributed by atoms with E-state index in [-0.39, 0.29) is 36.8 Å². The molecule has 2 aromatic carbocycles. The van der Waals surface area contributed by atoms with Gasteiger partial charge >= 0.3 is 35.3 Å². The van der Waals surface area contributed by atoms with Crippen molar-refractivity contribution >= 4 is 34.2 Å². The van der Waals surface area contributed by atoms with Crippen LogP contribution in [0.1, 0.15) is 18.1 Å². The molecule has 7 nitrogen and oxygen atoms in total. The second-order valence-electron chi connectivity index (χ2n) is 6.62. The van der Waals surface area contributed by atoms with E-state index >= 15 is 0 Å². The molecule has 0 saturated carbocycles. The third-order valence-electron chi connectivity index (χ3n) is 4.35. The minimum atomic E-state index is -0.498. The number of benzene rings is 2. The van der Waals surface area contributed by atoms with Crippen LogP contribution in [0.3, 0.4) is 0 Å². The Hall–Kier alpha value is -2.68. The standard InChI is InChI=1S/C20H18FN5O2.Na.H/c1-10-6-14(7-11(2)17(10)21)24-19-22-9-12(3)18(26-19)23-13-4-5-16-15(8-13)25-20(27)28-16;;/h4-9H,1-3H3,(H,25,27)(H2,22,23,24,26);;/q;+1;-1. The average molecular weight is 403 g/mol. The molecule has 4 rings (SSSR count). The van der Waals surface area contributed by atoms with Gasteiger partial charge in [-0.15, -0.1) is 0 Å². The van der Waals surface area contributed by atoms with Crippen molar-refractivity contribution in [1.29, 1.82) is 0 Å². The first-order valence-electron chi connectivity index (χ1n) is 8.66. The van der Waals surface area contributed by atoms with Gasteiger partial charge in [0.25, 0.3) is 0 Å². The Labute approximate surface area is 189 Å². The molecule has 2 heterocycles. The molecule has 144 valence electrons. The number of H-pyrrole nitrogens is 1. The molecule has 29 heavy (non-hydrogen) atoms. The van der Waals surface area contributed by atoms with Crippen LogP contribution in [0.15, 0.2) is 45.7 Å². The van der Waals surface area contributed by atoms with E-state index in [0.717, 1.165) is 11.3 Å². The summed E-state index contributed by atoms with van der Waals surface area (Å²) in [7, 11) is 0. The average Bonchev–Trinajstić information content (AvgIpc) is 3.02. The van der Waals surface area contributed by atoms with Gasteiger partial charge in [-0.3, -0.25) is 4.98 Å². The van der Waals surface area contributed by atoms with Crippen LogP contribution in [0.25, 0.3) is 11.1 Å². The summed E-state index contributed by atoms with van der Waals surface area (Å²) in [6.07, 6.45) is 1.69. The van der Waals surface area contributed by atoms with Crippen molar-refractivity contribution in [3.63, 3.8) is 0 Å². The molecule has 0 unspecified atom stereocenters. The van der Waals surface area contributed by atoms with E-state index in [1.54, 1.807) is 50.4 Å². The van der Waals surface area contributed by atoms with Gasteiger partial charge in [0.15, 0.2) is 5.58 Å². The number of aromatic nitrogens is 3. The summed E-state index contributed by atoms with van der Waals surface area (Å²) in [6, 6.07) is 8.68. The van der Waals surface area contributed by atoms with Crippen molar-refractivity contribution in [2.45, 2.75) is 20.8 Å². The van der Waals surface area contributed by atoms with Gasteiger partial charge in [-0.1, -0.05) is 0 Å². The minimum Gasteiger partial charge on any atom is -1.00 e. The Morgan fingerprint density at radius 3 is 2.48 bits per heavy atom. The normalized spacial score (nSPS) is 10.6. The van der Waals surface area contributed by atoms with E-state index < -0.39 is 5.76 Å². The van der Waals surface area contributed by atoms with Crippen molar-refractivity contribution in [2.75, 3.05) is 10.6 Å². The quantitative estimate of drug-likeness (QED) is 0.448. The van der Waals surface area contributed by atoms with Crippen LogP contribution < -0.4 is 45.9 Å². The fourth-order valence-electron chi connectivity index (χ4n) is 2.94. The van der Waals surface area contributed by atoms with Crippen molar-refractivity contribution in [3.8, 4) is 0 Å². The van der Waals surface area contributed by atoms with Crippen molar-refractivity contribution in [3.05, 3.63) is 69.6 Å². The Bertz CT molecular complexity index is 1230. The van der Waals surface area contributed by atoms with Crippen LogP contribution >= 0.6 is 0 Å². The molecule has 0 bridgehead atoms. The van der Waals surface area contributed by atoms with Gasteiger partial charge in [-0.25, -0.2) is 14.2 Å². The number of aryl methyl sites for hydroxylation is 3. The Morgan fingerprint density at radius 1 is 1.03 bits per heavy atom. The number of hydrogen-bond donors (Lipinski definition) is 3. The van der Waals surface area contributed by atoms with Crippen molar-refractivity contribution < 1.29 is 39.8 Å². The molecule has 9 heteroatoms. The van der Waals surface area contributed by atoms with E-state index in [1.165, 1.54) is 0 Å². The van der Waals surface area contributed by atoms with E-state index in [9.17, 15) is 9.18 Å². The van der Waals surface area contributed by atoms with Gasteiger partial charge in [0.05, 0.1) is 5.52 Å². The summed E-state index contributed by atoms with van der Waals surface area (Å²) in [6.45, 7) is 5.32. The van der Waals surface area contributed by atoms with Gasteiger partial charge in [0.1, 0.15) is 11.6 Å². The summed E-state index contributed by atoms with van der Waals surface area (Å²) in [5.41, 5.74) is 4.48. The maximum absolute atomic E-state index is 13.8. The van der Waals surface area contributed by atoms with Crippen LogP contribution in [0.2, 0.25) is 0 Å². The van der Waals surface area contributed by atoms with E-state index in [0.29, 0.717) is 39.7 Å². The van der Waals surface area contributed by atoms with E-state index in [2.05, 4.69) is 25.6 Å². The van der Waals surface area contributed by atoms with Gasteiger partial charge in [-0.05, 0) is 62.2 Å². The van der Waals surface area contributed by atoms with Crippen LogP contribution in [0, 0.1) is 26.6 Å². The molecule has 0 aliphatic rings. The van der Waals surface area contributed by atoms with E-state index in [1.807, 2.05) is 6.92 Å². The first kappa shape index (κ1) is 21.0. The van der Waals surface area contributed by atoms with Gasteiger partial charge in [0, 0.05) is 23.1 Å². The third kappa shape index (κ3) is 4.50. The first-order chi connectivity index (χ1) is 13.4. The zero-order valence-electron chi connectivity index (χ0n) is 17.6. The largest absolute Gasteiger partial charge is 1.00 e. The molecule has 0 aliphatic heterocycles. The number of anilines is 4. The molecule has 0 atom stereocenters. The predicted octanol–water partition coefficient (Wildman–Crippen LogP) is 1.58. The second-order valence-corrected chi connectivity index (χ2v) is 6.62. The van der Waals surface area contributed by atoms with Crippen molar-refractivity contribution in [1.82, 2.24) is 15.0 Å². The summed E-state index contributed by atoms with van der Waals surface area (Å²) in [4.78, 5) is 22.7. The number of rotatable bonds is 4. The number of nitrogens with zero attached hydrogens (tertiary/aromatic N) is 2. The fraction of sp³-hybridized carbons (Fsp3) is 0.150. The van der Waals surface area contributed by atoms with Gasteiger partial charge in [0.2, 0.25) is 5.95 Å². The number of fused-ring (bicyclic) bond motifs is 1. The molecule has 0 amide bonds. The number of aromatic amines is 1. The predicted molar refractivity (Wildman–Crippen MR) is 107 cm³/mol. The molecular formula is C20H19FN5NaO2. The number of oxazole rings is 1. The monoisotopic (exact) mass is 403 g/mol. The molecule has 3 N–H and O–H groups in total. The Kier molecular flexibility index (Phi) is 6.07. The summed E-state index contributed by atoms with van der Waals surface area (Å²) >= 11 is 0. The number of hydrogen-bond acceptors (Lipinski definition) is 6. The Balaban J connectivity index is 0.00000160. The molecule has 0 saturated heterocycles. The fourth-order valence-corrected chi connectivity index (χ4v) is 2.94. The van der Waals surface area contributed by atoms with Gasteiger partial charge in [-0.2, -0.15) is 4.98 Å². The Morgan fingerprint density at radius 2 is 1.76 bits per heavy atom. The summed E-state index contributed by atoms with van der Waals surface area (Å²) < 4.78 is 18.8. The first-order valence-corrected chi connectivity index (χ1v) is 8.66. The minimum absolute atomic E-state index is 0. The zero-order chi connectivity index (χ0) is 19.8. The molecule has 2 aromatic heterocycles. The number of halogens is 1. The third-order valence-corrected chi connectivity index (χ3v) is 4.35. The molecule has 0 radical (unpaired) electrons. The molecule has 0 fully saturated rings. The van der Waals surface area contributed by atoms with Crippen molar-refractivity contribution in [2.24, 2.45) is 0 Å². The summed E-state index contributed by atoms with van der Waals surface area (Å²) in [5, 5.41) is 6.32.